The van der Waals surface area contributed by atoms with E-state index in [-0.39, 0.29) is 13.2 Å². The van der Waals surface area contributed by atoms with Crippen molar-refractivity contribution in [2.24, 2.45) is 0 Å². The van der Waals surface area contributed by atoms with Crippen molar-refractivity contribution >= 4 is 21.9 Å². The molecule has 2 heterocycles. The molecule has 0 radical (unpaired) electrons. The molecule has 0 bridgehead atoms. The average molecular weight is 533 g/mol. The minimum atomic E-state index is -0.909. The molecule has 0 aliphatic heterocycles. The van der Waals surface area contributed by atoms with Crippen molar-refractivity contribution in [2.75, 3.05) is 13.2 Å². The number of aliphatic hydroxyl groups is 1. The third kappa shape index (κ3) is 5.36. The fraction of sp³-hybridized carbons (Fsp3) is 0.0909. The van der Waals surface area contributed by atoms with Crippen LogP contribution in [0.4, 0.5) is 0 Å². The molecule has 6 aromatic rings. The smallest absolute Gasteiger partial charge is 0.344 e. The first-order valence-electron chi connectivity index (χ1n) is 12.7. The largest absolute Gasteiger partial charge is 0.491 e. The van der Waals surface area contributed by atoms with E-state index in [1.165, 1.54) is 0 Å². The van der Waals surface area contributed by atoms with E-state index in [9.17, 15) is 14.7 Å². The summed E-state index contributed by atoms with van der Waals surface area (Å²) in [5.74, 6) is 1.04. The summed E-state index contributed by atoms with van der Waals surface area (Å²) in [6.45, 7) is -0.0110. The van der Waals surface area contributed by atoms with Gasteiger partial charge in [-0.25, -0.2) is 9.59 Å². The van der Waals surface area contributed by atoms with Crippen LogP contribution in [-0.4, -0.2) is 24.4 Å². The van der Waals surface area contributed by atoms with Gasteiger partial charge in [0.15, 0.2) is 0 Å². The van der Waals surface area contributed by atoms with Crippen molar-refractivity contribution in [1.82, 2.24) is 0 Å². The first kappa shape index (κ1) is 25.2. The summed E-state index contributed by atoms with van der Waals surface area (Å²) in [4.78, 5) is 24.9. The van der Waals surface area contributed by atoms with Crippen molar-refractivity contribution in [3.05, 3.63) is 130 Å². The fourth-order valence-corrected chi connectivity index (χ4v) is 4.45. The van der Waals surface area contributed by atoms with E-state index in [0.29, 0.717) is 44.6 Å². The third-order valence-electron chi connectivity index (χ3n) is 6.46. The van der Waals surface area contributed by atoms with Crippen LogP contribution in [0.25, 0.3) is 44.2 Å². The zero-order valence-corrected chi connectivity index (χ0v) is 21.3. The van der Waals surface area contributed by atoms with Crippen molar-refractivity contribution < 1.29 is 23.4 Å². The predicted molar refractivity (Wildman–Crippen MR) is 153 cm³/mol. The number of aliphatic hydroxyl groups excluding tert-OH is 1. The standard InChI is InChI=1S/C33H24O7/c34-25(19-37-26-11-13-30-23(15-26)17-28(32(35)39-30)21-7-3-1-4-8-21)20-38-27-12-14-31-24(16-27)18-29(33(36)40-31)22-9-5-2-6-10-22/h1-18,25,34H,19-20H2. The second-order valence-corrected chi connectivity index (χ2v) is 9.30. The molecule has 1 N–H and O–H groups in total. The highest BCUT2D eigenvalue weighted by Crippen LogP contribution is 2.26. The van der Waals surface area contributed by atoms with E-state index >= 15 is 0 Å². The van der Waals surface area contributed by atoms with Crippen LogP contribution >= 0.6 is 0 Å². The molecule has 6 rings (SSSR count). The number of rotatable bonds is 8. The van der Waals surface area contributed by atoms with Crippen LogP contribution in [-0.2, 0) is 0 Å². The quantitative estimate of drug-likeness (QED) is 0.238. The number of ether oxygens (including phenoxy) is 2. The van der Waals surface area contributed by atoms with E-state index in [1.54, 1.807) is 48.5 Å². The normalized spacial score (nSPS) is 11.2. The lowest BCUT2D eigenvalue weighted by atomic mass is 10.1. The van der Waals surface area contributed by atoms with Gasteiger partial charge in [0.25, 0.3) is 0 Å². The molecule has 2 aromatic heterocycles. The molecule has 0 fully saturated rings. The maximum Gasteiger partial charge on any atom is 0.344 e. The van der Waals surface area contributed by atoms with Crippen LogP contribution in [0, 0.1) is 0 Å². The summed E-state index contributed by atoms with van der Waals surface area (Å²) in [6, 6.07) is 32.4. The molecular formula is C33H24O7. The molecule has 4 aromatic carbocycles. The van der Waals surface area contributed by atoms with E-state index in [4.69, 9.17) is 18.3 Å². The molecule has 7 nitrogen and oxygen atoms in total. The fourth-order valence-electron chi connectivity index (χ4n) is 4.45. The molecule has 0 spiro atoms. The Labute approximate surface area is 228 Å². The van der Waals surface area contributed by atoms with E-state index in [1.807, 2.05) is 60.7 Å². The summed E-state index contributed by atoms with van der Waals surface area (Å²) in [6.07, 6.45) is -0.909. The summed E-state index contributed by atoms with van der Waals surface area (Å²) in [5.41, 5.74) is 2.54. The maximum absolute atomic E-state index is 12.4. The van der Waals surface area contributed by atoms with Gasteiger partial charge in [-0.3, -0.25) is 0 Å². The molecule has 40 heavy (non-hydrogen) atoms. The van der Waals surface area contributed by atoms with Crippen LogP contribution < -0.4 is 20.7 Å². The lowest BCUT2D eigenvalue weighted by Gasteiger charge is -2.14. The van der Waals surface area contributed by atoms with Gasteiger partial charge in [0, 0.05) is 10.8 Å². The highest BCUT2D eigenvalue weighted by molar-refractivity contribution is 5.84. The minimum Gasteiger partial charge on any atom is -0.491 e. The second kappa shape index (κ2) is 10.9. The summed E-state index contributed by atoms with van der Waals surface area (Å²) < 4.78 is 22.5. The minimum absolute atomic E-state index is 0.00551. The van der Waals surface area contributed by atoms with Gasteiger partial charge in [-0.05, 0) is 59.7 Å². The van der Waals surface area contributed by atoms with Crippen molar-refractivity contribution in [3.63, 3.8) is 0 Å². The van der Waals surface area contributed by atoms with Gasteiger partial charge in [0.05, 0.1) is 11.1 Å². The summed E-state index contributed by atoms with van der Waals surface area (Å²) in [7, 11) is 0. The number of hydrogen-bond acceptors (Lipinski definition) is 7. The van der Waals surface area contributed by atoms with Crippen LogP contribution in [0.1, 0.15) is 0 Å². The Morgan fingerprint density at radius 1 is 0.575 bits per heavy atom. The van der Waals surface area contributed by atoms with Gasteiger partial charge >= 0.3 is 11.3 Å². The van der Waals surface area contributed by atoms with Gasteiger partial charge in [0.2, 0.25) is 0 Å². The molecule has 0 aliphatic rings. The molecule has 0 unspecified atom stereocenters. The Morgan fingerprint density at radius 3 is 1.43 bits per heavy atom. The summed E-state index contributed by atoms with van der Waals surface area (Å²) in [5, 5.41) is 11.9. The molecule has 0 amide bonds. The van der Waals surface area contributed by atoms with Gasteiger partial charge < -0.3 is 23.4 Å². The highest BCUT2D eigenvalue weighted by atomic mass is 16.5. The SMILES string of the molecule is O=c1oc2ccc(OCC(O)COc3ccc4oc(=O)c(-c5ccccc5)cc4c3)cc2cc1-c1ccccc1. The monoisotopic (exact) mass is 532 g/mol. The van der Waals surface area contributed by atoms with Crippen LogP contribution in [0.2, 0.25) is 0 Å². The Hall–Kier alpha value is -5.14. The van der Waals surface area contributed by atoms with E-state index < -0.39 is 17.4 Å². The number of hydrogen-bond donors (Lipinski definition) is 1. The Balaban J connectivity index is 1.12. The van der Waals surface area contributed by atoms with Crippen LogP contribution in [0.15, 0.2) is 128 Å². The first-order chi connectivity index (χ1) is 19.5. The lowest BCUT2D eigenvalue weighted by molar-refractivity contribution is 0.0627. The zero-order valence-electron chi connectivity index (χ0n) is 21.3. The highest BCUT2D eigenvalue weighted by Gasteiger charge is 2.12. The number of benzene rings is 4. The van der Waals surface area contributed by atoms with Crippen molar-refractivity contribution in [2.45, 2.75) is 6.10 Å². The predicted octanol–water partition coefficient (Wildman–Crippen LogP) is 6.05. The van der Waals surface area contributed by atoms with E-state index in [0.717, 1.165) is 11.1 Å². The molecule has 0 saturated carbocycles. The first-order valence-corrected chi connectivity index (χ1v) is 12.7. The van der Waals surface area contributed by atoms with Crippen molar-refractivity contribution in [3.8, 4) is 33.8 Å². The summed E-state index contributed by atoms with van der Waals surface area (Å²) >= 11 is 0. The van der Waals surface area contributed by atoms with Crippen LogP contribution in [0.5, 0.6) is 11.5 Å². The van der Waals surface area contributed by atoms with Crippen LogP contribution in [0.3, 0.4) is 0 Å². The molecule has 0 saturated heterocycles. The van der Waals surface area contributed by atoms with Gasteiger partial charge in [-0.2, -0.15) is 0 Å². The maximum atomic E-state index is 12.4. The molecular weight excluding hydrogens is 508 g/mol. The number of fused-ring (bicyclic) bond motifs is 2. The molecule has 7 heteroatoms. The molecule has 198 valence electrons. The molecule has 0 atom stereocenters. The van der Waals surface area contributed by atoms with Gasteiger partial charge in [-0.15, -0.1) is 0 Å². The second-order valence-electron chi connectivity index (χ2n) is 9.30. The third-order valence-corrected chi connectivity index (χ3v) is 6.46. The molecule has 0 aliphatic carbocycles. The Kier molecular flexibility index (Phi) is 6.87. The zero-order chi connectivity index (χ0) is 27.5. The average Bonchev–Trinajstić information content (AvgIpc) is 2.99. The van der Waals surface area contributed by atoms with Gasteiger partial charge in [0.1, 0.15) is 42.0 Å². The topological polar surface area (TPSA) is 99.1 Å². The Bertz CT molecular complexity index is 1770. The lowest BCUT2D eigenvalue weighted by Crippen LogP contribution is -2.25. The van der Waals surface area contributed by atoms with Gasteiger partial charge in [-0.1, -0.05) is 60.7 Å². The Morgan fingerprint density at radius 2 is 1.00 bits per heavy atom. The van der Waals surface area contributed by atoms with E-state index in [2.05, 4.69) is 0 Å². The van der Waals surface area contributed by atoms with Crippen molar-refractivity contribution in [1.29, 1.82) is 0 Å².